The Hall–Kier alpha value is -3.43. The molecule has 3 heterocycles. The summed E-state index contributed by atoms with van der Waals surface area (Å²) in [6, 6.07) is 16.0. The second-order valence-corrected chi connectivity index (χ2v) is 10.6. The maximum absolute atomic E-state index is 15.3. The molecule has 1 unspecified atom stereocenters. The largest absolute Gasteiger partial charge is 0.497 e. The fourth-order valence-corrected chi connectivity index (χ4v) is 5.78. The number of hydrogen-bond donors (Lipinski definition) is 1. The first kappa shape index (κ1) is 27.1. The molecule has 10 heteroatoms. The third-order valence-electron chi connectivity index (χ3n) is 7.79. The smallest absolute Gasteiger partial charge is 0.266 e. The highest BCUT2D eigenvalue weighted by atomic mass is 35.5. The molecule has 1 aromatic heterocycles. The number of halogens is 2. The standard InChI is InChI=1S/C29H33ClFN5O3/c1-34-28(37)12-11-27(33-34)36-17-23(22-10-9-21(39-2)16-25(22)31)24(18-36)29(38)35-14-3-4-26(32-13-15-35)19-5-7-20(30)8-6-19/h5-12,16,23-24,26,32H,3-4,13-15,17-18H2,1-2H3/t23-,24+,26?/m0/s1. The van der Waals surface area contributed by atoms with Crippen molar-refractivity contribution in [1.82, 2.24) is 20.0 Å². The second-order valence-electron chi connectivity index (χ2n) is 10.2. The van der Waals surface area contributed by atoms with Crippen molar-refractivity contribution in [2.45, 2.75) is 24.8 Å². The van der Waals surface area contributed by atoms with Crippen LogP contribution in [0.4, 0.5) is 10.2 Å². The first-order valence-corrected chi connectivity index (χ1v) is 13.6. The Morgan fingerprint density at radius 3 is 2.62 bits per heavy atom. The van der Waals surface area contributed by atoms with Crippen molar-refractivity contribution in [2.24, 2.45) is 13.0 Å². The van der Waals surface area contributed by atoms with Gasteiger partial charge in [0.25, 0.3) is 5.56 Å². The van der Waals surface area contributed by atoms with Gasteiger partial charge in [-0.25, -0.2) is 9.07 Å². The van der Waals surface area contributed by atoms with Gasteiger partial charge in [0.15, 0.2) is 0 Å². The van der Waals surface area contributed by atoms with Crippen molar-refractivity contribution in [3.05, 3.63) is 86.9 Å². The van der Waals surface area contributed by atoms with E-state index < -0.39 is 11.7 Å². The topological polar surface area (TPSA) is 79.7 Å². The summed E-state index contributed by atoms with van der Waals surface area (Å²) in [5.74, 6) is -0.201. The number of carbonyl (C=O) groups is 1. The minimum atomic E-state index is -0.460. The number of benzene rings is 2. The van der Waals surface area contributed by atoms with E-state index in [1.54, 1.807) is 25.2 Å². The summed E-state index contributed by atoms with van der Waals surface area (Å²) in [5, 5.41) is 8.67. The van der Waals surface area contributed by atoms with E-state index in [0.29, 0.717) is 54.9 Å². The molecule has 0 radical (unpaired) electrons. The normalized spacial score (nSPS) is 21.9. The zero-order valence-electron chi connectivity index (χ0n) is 22.1. The number of aryl methyl sites for hydroxylation is 1. The summed E-state index contributed by atoms with van der Waals surface area (Å²) < 4.78 is 21.7. The SMILES string of the molecule is COc1ccc([C@@H]2CN(c3ccc(=O)n(C)n3)C[C@H]2C(=O)N2CCCC(c3ccc(Cl)cc3)NCC2)c(F)c1. The highest BCUT2D eigenvalue weighted by molar-refractivity contribution is 6.30. The molecule has 2 aromatic carbocycles. The number of rotatable bonds is 5. The van der Waals surface area contributed by atoms with Gasteiger partial charge in [0.2, 0.25) is 5.91 Å². The predicted molar refractivity (Wildman–Crippen MR) is 149 cm³/mol. The van der Waals surface area contributed by atoms with E-state index in [0.717, 1.165) is 12.8 Å². The molecule has 1 N–H and O–H groups in total. The fourth-order valence-electron chi connectivity index (χ4n) is 5.66. The van der Waals surface area contributed by atoms with Crippen LogP contribution in [0.1, 0.15) is 35.9 Å². The average molecular weight is 554 g/mol. The first-order chi connectivity index (χ1) is 18.8. The average Bonchev–Trinajstić information content (AvgIpc) is 3.35. The quantitative estimate of drug-likeness (QED) is 0.518. The zero-order valence-corrected chi connectivity index (χ0v) is 22.9. The molecule has 0 spiro atoms. The molecule has 2 aliphatic rings. The third kappa shape index (κ3) is 5.94. The summed E-state index contributed by atoms with van der Waals surface area (Å²) in [6.07, 6.45) is 1.73. The van der Waals surface area contributed by atoms with E-state index in [1.165, 1.54) is 29.5 Å². The summed E-state index contributed by atoms with van der Waals surface area (Å²) in [7, 11) is 3.09. The molecule has 2 saturated heterocycles. The molecule has 3 atom stereocenters. The number of ether oxygens (including phenoxy) is 1. The van der Waals surface area contributed by atoms with Crippen molar-refractivity contribution < 1.29 is 13.9 Å². The number of anilines is 1. The van der Waals surface area contributed by atoms with Crippen LogP contribution >= 0.6 is 11.6 Å². The van der Waals surface area contributed by atoms with E-state index in [9.17, 15) is 9.59 Å². The number of nitrogens with one attached hydrogen (secondary N) is 1. The van der Waals surface area contributed by atoms with Gasteiger partial charge in [-0.1, -0.05) is 29.8 Å². The van der Waals surface area contributed by atoms with E-state index in [4.69, 9.17) is 16.3 Å². The lowest BCUT2D eigenvalue weighted by Gasteiger charge is -2.32. The highest BCUT2D eigenvalue weighted by Crippen LogP contribution is 2.38. The van der Waals surface area contributed by atoms with Crippen LogP contribution in [0.3, 0.4) is 0 Å². The molecule has 3 aromatic rings. The number of hydrogen-bond acceptors (Lipinski definition) is 6. The minimum absolute atomic E-state index is 0.00859. The van der Waals surface area contributed by atoms with Crippen LogP contribution in [0, 0.1) is 11.7 Å². The van der Waals surface area contributed by atoms with Gasteiger partial charge in [-0.2, -0.15) is 5.10 Å². The van der Waals surface area contributed by atoms with Crippen molar-refractivity contribution in [3.8, 4) is 5.75 Å². The number of carbonyl (C=O) groups excluding carboxylic acids is 1. The molecule has 2 fully saturated rings. The Kier molecular flexibility index (Phi) is 8.18. The Morgan fingerprint density at radius 2 is 1.90 bits per heavy atom. The second kappa shape index (κ2) is 11.8. The molecule has 0 saturated carbocycles. The van der Waals surface area contributed by atoms with Gasteiger partial charge in [-0.15, -0.1) is 0 Å². The van der Waals surface area contributed by atoms with Gasteiger partial charge in [0, 0.05) is 68.9 Å². The molecular weight excluding hydrogens is 521 g/mol. The first-order valence-electron chi connectivity index (χ1n) is 13.2. The molecule has 8 nitrogen and oxygen atoms in total. The zero-order chi connectivity index (χ0) is 27.5. The highest BCUT2D eigenvalue weighted by Gasteiger charge is 2.42. The molecule has 2 aliphatic heterocycles. The molecule has 0 aliphatic carbocycles. The van der Waals surface area contributed by atoms with Crippen LogP contribution in [-0.4, -0.2) is 60.4 Å². The Morgan fingerprint density at radius 1 is 1.10 bits per heavy atom. The van der Waals surface area contributed by atoms with E-state index in [-0.39, 0.29) is 23.4 Å². The maximum atomic E-state index is 15.3. The van der Waals surface area contributed by atoms with E-state index in [2.05, 4.69) is 10.4 Å². The molecular formula is C29H33ClFN5O3. The van der Waals surface area contributed by atoms with Gasteiger partial charge in [0.05, 0.1) is 13.0 Å². The monoisotopic (exact) mass is 553 g/mol. The van der Waals surface area contributed by atoms with Crippen LogP contribution < -0.4 is 20.5 Å². The van der Waals surface area contributed by atoms with Gasteiger partial charge >= 0.3 is 0 Å². The molecule has 5 rings (SSSR count). The third-order valence-corrected chi connectivity index (χ3v) is 8.04. The Balaban J connectivity index is 1.36. The maximum Gasteiger partial charge on any atom is 0.266 e. The van der Waals surface area contributed by atoms with Gasteiger partial charge in [0.1, 0.15) is 17.4 Å². The van der Waals surface area contributed by atoms with E-state index in [1.807, 2.05) is 34.1 Å². The molecule has 1 amide bonds. The van der Waals surface area contributed by atoms with Crippen molar-refractivity contribution in [3.63, 3.8) is 0 Å². The Bertz CT molecular complexity index is 1370. The van der Waals surface area contributed by atoms with Crippen LogP contribution in [-0.2, 0) is 11.8 Å². The van der Waals surface area contributed by atoms with Crippen molar-refractivity contribution in [1.29, 1.82) is 0 Å². The summed E-state index contributed by atoms with van der Waals surface area (Å²) in [5.41, 5.74) is 1.45. The lowest BCUT2D eigenvalue weighted by molar-refractivity contribution is -0.135. The van der Waals surface area contributed by atoms with Gasteiger partial charge < -0.3 is 19.9 Å². The summed E-state index contributed by atoms with van der Waals surface area (Å²) in [6.45, 7) is 2.65. The number of methoxy groups -OCH3 is 1. The fraction of sp³-hybridized carbons (Fsp3) is 0.414. The van der Waals surface area contributed by atoms with Gasteiger partial charge in [-0.3, -0.25) is 9.59 Å². The molecule has 0 bridgehead atoms. The number of aromatic nitrogens is 2. The van der Waals surface area contributed by atoms with Gasteiger partial charge in [-0.05, 0) is 48.2 Å². The summed E-state index contributed by atoms with van der Waals surface area (Å²) in [4.78, 5) is 29.8. The molecule has 206 valence electrons. The summed E-state index contributed by atoms with van der Waals surface area (Å²) >= 11 is 6.05. The molecule has 39 heavy (non-hydrogen) atoms. The van der Waals surface area contributed by atoms with Crippen LogP contribution in [0.15, 0.2) is 59.4 Å². The number of nitrogens with zero attached hydrogens (tertiary/aromatic N) is 4. The van der Waals surface area contributed by atoms with Crippen LogP contribution in [0.2, 0.25) is 5.02 Å². The van der Waals surface area contributed by atoms with E-state index >= 15 is 4.39 Å². The van der Waals surface area contributed by atoms with Crippen molar-refractivity contribution >= 4 is 23.3 Å². The van der Waals surface area contributed by atoms with Crippen molar-refractivity contribution in [2.75, 3.05) is 44.7 Å². The number of amides is 1. The van der Waals surface area contributed by atoms with Crippen LogP contribution in [0.5, 0.6) is 5.75 Å². The van der Waals surface area contributed by atoms with Crippen LogP contribution in [0.25, 0.3) is 0 Å². The Labute approximate surface area is 232 Å². The lowest BCUT2D eigenvalue weighted by Crippen LogP contribution is -2.45. The minimum Gasteiger partial charge on any atom is -0.497 e. The predicted octanol–water partition coefficient (Wildman–Crippen LogP) is 3.75. The lowest BCUT2D eigenvalue weighted by atomic mass is 9.87.